The van der Waals surface area contributed by atoms with Crippen LogP contribution in [0.25, 0.3) is 0 Å². The molecule has 0 amide bonds. The van der Waals surface area contributed by atoms with E-state index in [1.54, 1.807) is 5.87 Å². The van der Waals surface area contributed by atoms with Crippen molar-refractivity contribution in [2.24, 2.45) is 5.90 Å². The Labute approximate surface area is 30.2 Å². The molecule has 4 N–H and O–H groups in total. The van der Waals surface area contributed by atoms with E-state index in [0.29, 0.717) is 0 Å². The first-order valence-corrected chi connectivity index (χ1v) is 0.862. The highest BCUT2D eigenvalue weighted by Gasteiger charge is 0.918. The first-order valence-electron chi connectivity index (χ1n) is 0.862. The van der Waals surface area contributed by atoms with Crippen molar-refractivity contribution in [1.82, 2.24) is 0 Å². The fourth-order valence-corrected chi connectivity index (χ4v) is 0. The van der Waals surface area contributed by atoms with Crippen LogP contribution in [0.3, 0.4) is 0 Å². The van der Waals surface area contributed by atoms with E-state index >= 15 is 0 Å². The SMILES string of the molecule is C=C=N.NO. The maximum Gasteiger partial charge on any atom is -0.0306 e. The molecule has 0 saturated carbocycles. The topological polar surface area (TPSA) is 70.1 Å². The zero-order valence-corrected chi connectivity index (χ0v) is 2.73. The standard InChI is InChI=1S/C2H3N.H3NO/c1-2-3;1-2/h3H,1H2;2H,1H2. The van der Waals surface area contributed by atoms with Gasteiger partial charge in [-0.15, -0.1) is 0 Å². The van der Waals surface area contributed by atoms with Crippen LogP contribution in [0, 0.1) is 5.41 Å². The summed E-state index contributed by atoms with van der Waals surface area (Å²) < 4.78 is 0. The van der Waals surface area contributed by atoms with Crippen molar-refractivity contribution in [1.29, 1.82) is 5.41 Å². The zero-order valence-electron chi connectivity index (χ0n) is 2.73. The summed E-state index contributed by atoms with van der Waals surface area (Å²) in [4.78, 5) is 0. The molecule has 30 valence electrons. The van der Waals surface area contributed by atoms with Crippen LogP contribution in [0.4, 0.5) is 0 Å². The monoisotopic (exact) mass is 74.0 g/mol. The van der Waals surface area contributed by atoms with Crippen molar-refractivity contribution in [2.45, 2.75) is 0 Å². The second kappa shape index (κ2) is 138. The fraction of sp³-hybridized carbons (Fsp3) is 0. The van der Waals surface area contributed by atoms with Crippen LogP contribution in [-0.2, 0) is 0 Å². The second-order valence-electron chi connectivity index (χ2n) is 0.177. The van der Waals surface area contributed by atoms with Crippen molar-refractivity contribution >= 4 is 5.87 Å². The van der Waals surface area contributed by atoms with Crippen LogP contribution >= 0.6 is 0 Å². The lowest BCUT2D eigenvalue weighted by Gasteiger charge is -1.27. The first kappa shape index (κ1) is 8.84. The second-order valence-corrected chi connectivity index (χ2v) is 0.177. The smallest absolute Gasteiger partial charge is 0.0306 e. The largest absolute Gasteiger partial charge is 0.320 e. The molecule has 0 aromatic rings. The van der Waals surface area contributed by atoms with Gasteiger partial charge in [0.15, 0.2) is 0 Å². The van der Waals surface area contributed by atoms with Gasteiger partial charge in [-0.3, -0.25) is 5.41 Å². The molecule has 0 spiro atoms. The number of nitrogens with two attached hydrogens (primary N) is 1. The summed E-state index contributed by atoms with van der Waals surface area (Å²) in [5.74, 6) is 5.25. The molecule has 0 aliphatic heterocycles. The Morgan fingerprint density at radius 1 is 1.80 bits per heavy atom. The molecule has 3 heteroatoms. The van der Waals surface area contributed by atoms with Crippen molar-refractivity contribution in [3.63, 3.8) is 0 Å². The summed E-state index contributed by atoms with van der Waals surface area (Å²) in [5, 5.41) is 12.3. The molecule has 0 aliphatic carbocycles. The van der Waals surface area contributed by atoms with E-state index in [0.717, 1.165) is 0 Å². The highest BCUT2D eigenvalue weighted by Crippen LogP contribution is 0.942. The summed E-state index contributed by atoms with van der Waals surface area (Å²) in [6.45, 7) is 2.90. The molecule has 0 bridgehead atoms. The minimum absolute atomic E-state index is 1.75. The van der Waals surface area contributed by atoms with E-state index in [4.69, 9.17) is 10.6 Å². The molecule has 0 radical (unpaired) electrons. The van der Waals surface area contributed by atoms with Gasteiger partial charge in [0, 0.05) is 0 Å². The molecule has 0 heterocycles. The van der Waals surface area contributed by atoms with Gasteiger partial charge in [0.2, 0.25) is 0 Å². The molecule has 0 fully saturated rings. The number of nitrogens with one attached hydrogen (secondary N) is 1. The lowest BCUT2D eigenvalue weighted by atomic mass is 11.2. The van der Waals surface area contributed by atoms with Gasteiger partial charge < -0.3 is 5.21 Å². The fourth-order valence-electron chi connectivity index (χ4n) is 0. The summed E-state index contributed by atoms with van der Waals surface area (Å²) >= 11 is 0. The van der Waals surface area contributed by atoms with Gasteiger partial charge in [-0.05, 0) is 12.4 Å². The molecule has 0 rings (SSSR count). The van der Waals surface area contributed by atoms with Gasteiger partial charge in [-0.25, -0.2) is 5.90 Å². The molecular weight excluding hydrogens is 68.0 g/mol. The van der Waals surface area contributed by atoms with Crippen LogP contribution in [0.2, 0.25) is 0 Å². The van der Waals surface area contributed by atoms with Crippen molar-refractivity contribution < 1.29 is 5.21 Å². The van der Waals surface area contributed by atoms with E-state index in [1.807, 2.05) is 0 Å². The zero-order chi connectivity index (χ0) is 4.71. The summed E-state index contributed by atoms with van der Waals surface area (Å²) in [5.41, 5.74) is 0. The Bertz CT molecular complexity index is 28.6. The third-order valence-corrected chi connectivity index (χ3v) is 0. The predicted molar refractivity (Wildman–Crippen MR) is 19.3 cm³/mol. The van der Waals surface area contributed by atoms with Crippen LogP contribution in [0.15, 0.2) is 6.58 Å². The van der Waals surface area contributed by atoms with Crippen LogP contribution in [0.1, 0.15) is 0 Å². The lowest BCUT2D eigenvalue weighted by Crippen LogP contribution is -1.72. The Hall–Kier alpha value is -0.630. The number of hydrogen-bond acceptors (Lipinski definition) is 3. The molecule has 0 saturated heterocycles. The molecule has 0 unspecified atom stereocenters. The number of hydrogen-bond donors (Lipinski definition) is 3. The quantitative estimate of drug-likeness (QED) is 0.274. The Morgan fingerprint density at radius 3 is 1.80 bits per heavy atom. The number of rotatable bonds is 0. The lowest BCUT2D eigenvalue weighted by molar-refractivity contribution is 0.311. The van der Waals surface area contributed by atoms with E-state index in [2.05, 4.69) is 12.5 Å². The molecule has 0 atom stereocenters. The van der Waals surface area contributed by atoms with Crippen molar-refractivity contribution in [2.75, 3.05) is 0 Å². The summed E-state index contributed by atoms with van der Waals surface area (Å²) in [6.07, 6.45) is 0. The Kier molecular flexibility index (Phi) is 244. The molecule has 0 aromatic heterocycles. The molecule has 5 heavy (non-hydrogen) atoms. The van der Waals surface area contributed by atoms with Crippen LogP contribution in [-0.4, -0.2) is 11.1 Å². The van der Waals surface area contributed by atoms with E-state index in [-0.39, 0.29) is 0 Å². The highest BCUT2D eigenvalue weighted by atomic mass is 16.4. The maximum atomic E-state index is 6.50. The van der Waals surface area contributed by atoms with Gasteiger partial charge in [0.05, 0.1) is 0 Å². The normalized spacial score (nSPS) is 2.80. The molecule has 0 aliphatic rings. The molecular formula is C2H6N2O. The molecule has 3 nitrogen and oxygen atoms in total. The van der Waals surface area contributed by atoms with E-state index in [9.17, 15) is 0 Å². The Morgan fingerprint density at radius 2 is 1.80 bits per heavy atom. The van der Waals surface area contributed by atoms with Gasteiger partial charge in [-0.2, -0.15) is 0 Å². The van der Waals surface area contributed by atoms with E-state index in [1.165, 1.54) is 0 Å². The minimum Gasteiger partial charge on any atom is -0.320 e. The minimum atomic E-state index is 1.75. The third-order valence-electron chi connectivity index (χ3n) is 0. The molecule has 0 aromatic carbocycles. The highest BCUT2D eigenvalue weighted by molar-refractivity contribution is 5.41. The summed E-state index contributed by atoms with van der Waals surface area (Å²) in [6, 6.07) is 0. The summed E-state index contributed by atoms with van der Waals surface area (Å²) in [7, 11) is 0. The van der Waals surface area contributed by atoms with Gasteiger partial charge in [-0.1, -0.05) is 0 Å². The van der Waals surface area contributed by atoms with Crippen LogP contribution < -0.4 is 5.90 Å². The van der Waals surface area contributed by atoms with Crippen molar-refractivity contribution in [3.05, 3.63) is 6.58 Å². The van der Waals surface area contributed by atoms with Gasteiger partial charge in [0.1, 0.15) is 0 Å². The van der Waals surface area contributed by atoms with Crippen molar-refractivity contribution in [3.8, 4) is 0 Å². The van der Waals surface area contributed by atoms with Gasteiger partial charge >= 0.3 is 0 Å². The third kappa shape index (κ3) is 15.9. The van der Waals surface area contributed by atoms with E-state index < -0.39 is 0 Å². The first-order chi connectivity index (χ1) is 2.41. The van der Waals surface area contributed by atoms with Gasteiger partial charge in [0.25, 0.3) is 0 Å². The maximum absolute atomic E-state index is 6.50. The Balaban J connectivity index is 0. The van der Waals surface area contributed by atoms with Crippen LogP contribution in [0.5, 0.6) is 0 Å². The predicted octanol–water partition coefficient (Wildman–Crippen LogP) is -0.245. The average Bonchev–Trinajstić information content (AvgIpc) is 1.46. The average molecular weight is 74.1 g/mol.